The zero-order valence-electron chi connectivity index (χ0n) is 12.7. The highest BCUT2D eigenvalue weighted by Gasteiger charge is 2.09. The number of nitrogens with zero attached hydrogens (tertiary/aromatic N) is 1. The highest BCUT2D eigenvalue weighted by atomic mass is 32.1. The molecule has 0 spiro atoms. The molecule has 0 bridgehead atoms. The summed E-state index contributed by atoms with van der Waals surface area (Å²) in [6.07, 6.45) is 2.10. The van der Waals surface area contributed by atoms with Crippen LogP contribution in [0.2, 0.25) is 0 Å². The second-order valence-electron chi connectivity index (χ2n) is 5.20. The van der Waals surface area contributed by atoms with Gasteiger partial charge in [0, 0.05) is 30.7 Å². The van der Waals surface area contributed by atoms with Crippen molar-refractivity contribution in [2.75, 3.05) is 25.0 Å². The number of thiophene rings is 1. The van der Waals surface area contributed by atoms with Gasteiger partial charge in [0.25, 0.3) is 0 Å². The van der Waals surface area contributed by atoms with Gasteiger partial charge in [0.05, 0.1) is 0 Å². The molecular weight excluding hydrogens is 283 g/mol. The van der Waals surface area contributed by atoms with Crippen molar-refractivity contribution in [3.8, 4) is 0 Å². The Balaban J connectivity index is 2.02. The van der Waals surface area contributed by atoms with Gasteiger partial charge in [-0.2, -0.15) is 0 Å². The fourth-order valence-corrected chi connectivity index (χ4v) is 3.02. The Morgan fingerprint density at radius 1 is 1.29 bits per heavy atom. The molecule has 1 aromatic carbocycles. The first-order valence-electron chi connectivity index (χ1n) is 7.43. The maximum Gasteiger partial charge on any atom is 0.123 e. The average molecular weight is 306 g/mol. The molecule has 0 aliphatic rings. The Bertz CT molecular complexity index is 540. The first kappa shape index (κ1) is 16.0. The first-order chi connectivity index (χ1) is 10.2. The number of rotatable bonds is 8. The molecule has 0 saturated carbocycles. The van der Waals surface area contributed by atoms with Crippen LogP contribution in [0.15, 0.2) is 35.7 Å². The molecule has 0 aliphatic carbocycles. The minimum absolute atomic E-state index is 0.168. The molecule has 0 radical (unpaired) electrons. The Hall–Kier alpha value is -1.39. The molecule has 0 unspecified atom stereocenters. The molecule has 2 rings (SSSR count). The maximum atomic E-state index is 13.5. The van der Waals surface area contributed by atoms with Crippen LogP contribution < -0.4 is 10.2 Å². The summed E-state index contributed by atoms with van der Waals surface area (Å²) in [5, 5.41) is 5.46. The van der Waals surface area contributed by atoms with Crippen molar-refractivity contribution in [3.63, 3.8) is 0 Å². The second-order valence-corrected chi connectivity index (χ2v) is 6.23. The van der Waals surface area contributed by atoms with Crippen LogP contribution in [0.4, 0.5) is 10.1 Å². The second kappa shape index (κ2) is 8.15. The lowest BCUT2D eigenvalue weighted by atomic mass is 10.1. The van der Waals surface area contributed by atoms with E-state index in [0.717, 1.165) is 37.2 Å². The highest BCUT2D eigenvalue weighted by molar-refractivity contribution is 7.09. The molecule has 0 saturated heterocycles. The molecule has 1 aromatic heterocycles. The summed E-state index contributed by atoms with van der Waals surface area (Å²) in [5.41, 5.74) is 2.13. The number of hydrogen-bond donors (Lipinski definition) is 1. The van der Waals surface area contributed by atoms with Gasteiger partial charge in [-0.3, -0.25) is 0 Å². The highest BCUT2D eigenvalue weighted by Crippen LogP contribution is 2.21. The standard InChI is InChI=1S/C17H23FN2S/c1-3-9-19-13-14-12-15(18)6-7-17(14)20(2)10-8-16-5-4-11-21-16/h4-7,11-12,19H,3,8-10,13H2,1-2H3. The van der Waals surface area contributed by atoms with E-state index < -0.39 is 0 Å². The smallest absolute Gasteiger partial charge is 0.123 e. The Morgan fingerprint density at radius 2 is 2.14 bits per heavy atom. The average Bonchev–Trinajstić information content (AvgIpc) is 2.98. The lowest BCUT2D eigenvalue weighted by Crippen LogP contribution is -2.23. The fraction of sp³-hybridized carbons (Fsp3) is 0.412. The number of benzene rings is 1. The third-order valence-electron chi connectivity index (χ3n) is 3.47. The van der Waals surface area contributed by atoms with E-state index in [0.29, 0.717) is 6.54 Å². The molecule has 2 aromatic rings. The minimum Gasteiger partial charge on any atom is -0.374 e. The van der Waals surface area contributed by atoms with E-state index in [2.05, 4.69) is 41.7 Å². The summed E-state index contributed by atoms with van der Waals surface area (Å²) >= 11 is 1.78. The monoisotopic (exact) mass is 306 g/mol. The van der Waals surface area contributed by atoms with Gasteiger partial charge >= 0.3 is 0 Å². The van der Waals surface area contributed by atoms with E-state index in [1.165, 1.54) is 4.88 Å². The van der Waals surface area contributed by atoms with E-state index in [4.69, 9.17) is 0 Å². The predicted octanol–water partition coefficient (Wildman–Crippen LogP) is 4.07. The summed E-state index contributed by atoms with van der Waals surface area (Å²) in [6.45, 7) is 4.73. The van der Waals surface area contributed by atoms with E-state index in [-0.39, 0.29) is 5.82 Å². The van der Waals surface area contributed by atoms with Crippen LogP contribution in [-0.4, -0.2) is 20.1 Å². The Labute approximate surface area is 130 Å². The van der Waals surface area contributed by atoms with Crippen LogP contribution in [0.1, 0.15) is 23.8 Å². The van der Waals surface area contributed by atoms with Crippen molar-refractivity contribution in [1.29, 1.82) is 0 Å². The molecule has 2 nitrogen and oxygen atoms in total. The van der Waals surface area contributed by atoms with Crippen molar-refractivity contribution in [3.05, 3.63) is 52.0 Å². The molecule has 0 aliphatic heterocycles. The van der Waals surface area contributed by atoms with Crippen LogP contribution in [-0.2, 0) is 13.0 Å². The van der Waals surface area contributed by atoms with Gasteiger partial charge in [-0.15, -0.1) is 11.3 Å². The summed E-state index contributed by atoms with van der Waals surface area (Å²) in [7, 11) is 2.07. The topological polar surface area (TPSA) is 15.3 Å². The Kier molecular flexibility index (Phi) is 6.21. The zero-order valence-corrected chi connectivity index (χ0v) is 13.5. The number of nitrogens with one attached hydrogen (secondary N) is 1. The van der Waals surface area contributed by atoms with E-state index >= 15 is 0 Å². The molecule has 21 heavy (non-hydrogen) atoms. The van der Waals surface area contributed by atoms with Crippen molar-refractivity contribution in [2.24, 2.45) is 0 Å². The third-order valence-corrected chi connectivity index (χ3v) is 4.40. The molecule has 1 N–H and O–H groups in total. The maximum absolute atomic E-state index is 13.5. The number of halogens is 1. The molecule has 1 heterocycles. The summed E-state index contributed by atoms with van der Waals surface area (Å²) in [4.78, 5) is 3.59. The van der Waals surface area contributed by atoms with Crippen LogP contribution in [0.5, 0.6) is 0 Å². The van der Waals surface area contributed by atoms with Gasteiger partial charge in [-0.25, -0.2) is 4.39 Å². The molecular formula is C17H23FN2S. The van der Waals surface area contributed by atoms with Crippen molar-refractivity contribution < 1.29 is 4.39 Å². The molecule has 114 valence electrons. The van der Waals surface area contributed by atoms with Crippen molar-refractivity contribution in [2.45, 2.75) is 26.3 Å². The van der Waals surface area contributed by atoms with Crippen LogP contribution in [0.25, 0.3) is 0 Å². The van der Waals surface area contributed by atoms with E-state index in [9.17, 15) is 4.39 Å². The summed E-state index contributed by atoms with van der Waals surface area (Å²) < 4.78 is 13.5. The lowest BCUT2D eigenvalue weighted by molar-refractivity contribution is 0.618. The van der Waals surface area contributed by atoms with Gasteiger partial charge in [-0.1, -0.05) is 13.0 Å². The molecule has 0 atom stereocenters. The predicted molar refractivity (Wildman–Crippen MR) is 89.7 cm³/mol. The molecule has 0 fully saturated rings. The van der Waals surface area contributed by atoms with Gasteiger partial charge in [-0.05, 0) is 54.6 Å². The van der Waals surface area contributed by atoms with Crippen LogP contribution in [0, 0.1) is 5.82 Å². The van der Waals surface area contributed by atoms with E-state index in [1.807, 2.05) is 6.07 Å². The van der Waals surface area contributed by atoms with Crippen molar-refractivity contribution in [1.82, 2.24) is 5.32 Å². The van der Waals surface area contributed by atoms with Gasteiger partial charge in [0.2, 0.25) is 0 Å². The quantitative estimate of drug-likeness (QED) is 0.740. The number of likely N-dealkylation sites (N-methyl/N-ethyl adjacent to an activating group) is 1. The zero-order chi connectivity index (χ0) is 15.1. The molecule has 4 heteroatoms. The van der Waals surface area contributed by atoms with Gasteiger partial charge < -0.3 is 10.2 Å². The summed E-state index contributed by atoms with van der Waals surface area (Å²) in [5.74, 6) is -0.168. The third kappa shape index (κ3) is 4.83. The fourth-order valence-electron chi connectivity index (χ4n) is 2.32. The number of hydrogen-bond acceptors (Lipinski definition) is 3. The molecule has 0 amide bonds. The Morgan fingerprint density at radius 3 is 2.86 bits per heavy atom. The van der Waals surface area contributed by atoms with Crippen molar-refractivity contribution >= 4 is 17.0 Å². The van der Waals surface area contributed by atoms with Crippen LogP contribution in [0.3, 0.4) is 0 Å². The number of anilines is 1. The first-order valence-corrected chi connectivity index (χ1v) is 8.31. The van der Waals surface area contributed by atoms with Gasteiger partial charge in [0.1, 0.15) is 5.82 Å². The normalized spacial score (nSPS) is 10.8. The van der Waals surface area contributed by atoms with E-state index in [1.54, 1.807) is 23.5 Å². The summed E-state index contributed by atoms with van der Waals surface area (Å²) in [6, 6.07) is 9.30. The van der Waals surface area contributed by atoms with Crippen LogP contribution >= 0.6 is 11.3 Å². The lowest BCUT2D eigenvalue weighted by Gasteiger charge is -2.22. The van der Waals surface area contributed by atoms with Gasteiger partial charge in [0.15, 0.2) is 0 Å². The largest absolute Gasteiger partial charge is 0.374 e. The SMILES string of the molecule is CCCNCc1cc(F)ccc1N(C)CCc1cccs1. The minimum atomic E-state index is -0.168.